The molecule has 0 radical (unpaired) electrons. The molecule has 0 unspecified atom stereocenters. The number of fused-ring (bicyclic) bond motifs is 1. The van der Waals surface area contributed by atoms with E-state index < -0.39 is 0 Å². The quantitative estimate of drug-likeness (QED) is 0.607. The van der Waals surface area contributed by atoms with Gasteiger partial charge in [-0.3, -0.25) is 0 Å². The van der Waals surface area contributed by atoms with Crippen molar-refractivity contribution in [2.75, 3.05) is 11.9 Å². The second kappa shape index (κ2) is 7.09. The predicted octanol–water partition coefficient (Wildman–Crippen LogP) is 3.85. The van der Waals surface area contributed by atoms with Gasteiger partial charge in [0.2, 0.25) is 5.88 Å². The highest BCUT2D eigenvalue weighted by molar-refractivity contribution is 5.92. The zero-order chi connectivity index (χ0) is 21.7. The van der Waals surface area contributed by atoms with E-state index in [0.717, 1.165) is 18.7 Å². The summed E-state index contributed by atoms with van der Waals surface area (Å²) in [5.41, 5.74) is 1.14. The van der Waals surface area contributed by atoms with Gasteiger partial charge in [0.1, 0.15) is 5.75 Å². The Morgan fingerprint density at radius 1 is 1.00 bits per heavy atom. The van der Waals surface area contributed by atoms with Gasteiger partial charge in [-0.25, -0.2) is 4.98 Å². The van der Waals surface area contributed by atoms with Gasteiger partial charge >= 0.3 is 0 Å². The highest BCUT2D eigenvalue weighted by Gasteiger charge is 2.39. The molecule has 3 N–H and O–H groups in total. The Hall–Kier alpha value is -2.93. The van der Waals surface area contributed by atoms with Gasteiger partial charge in [-0.05, 0) is 76.3 Å². The SMILES string of the molecule is CN(c1ccc(-c2cc3c(O)nccc3cc2O)nn1)C1CC(C)(C)NC(C)(C)C1. The molecule has 1 saturated heterocycles. The van der Waals surface area contributed by atoms with E-state index in [-0.39, 0.29) is 22.7 Å². The van der Waals surface area contributed by atoms with E-state index in [1.807, 2.05) is 12.1 Å². The normalized spacial score (nSPS) is 18.4. The van der Waals surface area contributed by atoms with Crippen LogP contribution in [0.2, 0.25) is 0 Å². The number of piperidine rings is 1. The van der Waals surface area contributed by atoms with Crippen LogP contribution in [0.1, 0.15) is 40.5 Å². The molecule has 3 heterocycles. The molecular weight excluding hydrogens is 378 g/mol. The fraction of sp³-hybridized carbons (Fsp3) is 0.435. The number of aromatic hydroxyl groups is 2. The first-order chi connectivity index (χ1) is 14.0. The lowest BCUT2D eigenvalue weighted by Gasteiger charge is -2.49. The Morgan fingerprint density at radius 2 is 1.70 bits per heavy atom. The summed E-state index contributed by atoms with van der Waals surface area (Å²) in [5, 5.41) is 34.3. The maximum atomic E-state index is 10.5. The van der Waals surface area contributed by atoms with Crippen LogP contribution in [0.25, 0.3) is 22.0 Å². The number of phenols is 1. The lowest BCUT2D eigenvalue weighted by molar-refractivity contribution is 0.160. The van der Waals surface area contributed by atoms with E-state index in [2.05, 4.69) is 60.1 Å². The number of rotatable bonds is 3. The largest absolute Gasteiger partial charge is 0.507 e. The maximum absolute atomic E-state index is 10.5. The van der Waals surface area contributed by atoms with Crippen LogP contribution in [0, 0.1) is 0 Å². The molecule has 1 aromatic carbocycles. The number of aromatic nitrogens is 3. The lowest BCUT2D eigenvalue weighted by atomic mass is 9.79. The zero-order valence-electron chi connectivity index (χ0n) is 18.1. The second-order valence-corrected chi connectivity index (χ2v) is 9.57. The third-order valence-electron chi connectivity index (χ3n) is 5.86. The highest BCUT2D eigenvalue weighted by atomic mass is 16.3. The van der Waals surface area contributed by atoms with Gasteiger partial charge in [-0.1, -0.05) is 0 Å². The van der Waals surface area contributed by atoms with E-state index in [1.54, 1.807) is 18.2 Å². The first-order valence-electron chi connectivity index (χ1n) is 10.2. The molecule has 1 fully saturated rings. The van der Waals surface area contributed by atoms with E-state index >= 15 is 0 Å². The van der Waals surface area contributed by atoms with Crippen LogP contribution in [0.15, 0.2) is 36.5 Å². The third-order valence-corrected chi connectivity index (χ3v) is 5.86. The average Bonchev–Trinajstić information content (AvgIpc) is 2.65. The molecule has 0 spiro atoms. The first kappa shape index (κ1) is 20.3. The molecule has 1 aliphatic heterocycles. The van der Waals surface area contributed by atoms with Crippen molar-refractivity contribution in [3.63, 3.8) is 0 Å². The number of nitrogens with zero attached hydrogens (tertiary/aromatic N) is 4. The molecule has 2 aromatic heterocycles. The Kier molecular flexibility index (Phi) is 4.81. The molecule has 1 aliphatic rings. The number of nitrogens with one attached hydrogen (secondary N) is 1. The number of hydrogen-bond acceptors (Lipinski definition) is 7. The summed E-state index contributed by atoms with van der Waals surface area (Å²) < 4.78 is 0. The molecule has 0 amide bonds. The molecule has 30 heavy (non-hydrogen) atoms. The number of benzene rings is 1. The zero-order valence-corrected chi connectivity index (χ0v) is 18.1. The monoisotopic (exact) mass is 407 g/mol. The number of phenolic OH excluding ortho intramolecular Hbond substituents is 1. The predicted molar refractivity (Wildman–Crippen MR) is 119 cm³/mol. The standard InChI is InChI=1S/C23H29N5O2/c1-22(2)12-15(13-23(3,4)27-22)28(5)20-7-6-18(25-26-20)17-11-16-14(10-19(17)29)8-9-24-21(16)30/h6-11,15,27,29H,12-13H2,1-5H3,(H,24,30). The van der Waals surface area contributed by atoms with Crippen molar-refractivity contribution in [2.24, 2.45) is 0 Å². The number of pyridine rings is 1. The van der Waals surface area contributed by atoms with E-state index in [1.165, 1.54) is 6.20 Å². The number of anilines is 1. The van der Waals surface area contributed by atoms with Gasteiger partial charge in [0, 0.05) is 41.3 Å². The molecule has 3 aromatic rings. The van der Waals surface area contributed by atoms with Gasteiger partial charge in [0.05, 0.1) is 5.69 Å². The van der Waals surface area contributed by atoms with E-state index in [0.29, 0.717) is 28.1 Å². The minimum Gasteiger partial charge on any atom is -0.507 e. The van der Waals surface area contributed by atoms with Gasteiger partial charge in [-0.2, -0.15) is 0 Å². The fourth-order valence-corrected chi connectivity index (χ4v) is 4.79. The molecule has 158 valence electrons. The van der Waals surface area contributed by atoms with Crippen molar-refractivity contribution < 1.29 is 10.2 Å². The van der Waals surface area contributed by atoms with Crippen molar-refractivity contribution >= 4 is 16.6 Å². The highest BCUT2D eigenvalue weighted by Crippen LogP contribution is 2.36. The summed E-state index contributed by atoms with van der Waals surface area (Å²) in [6, 6.07) is 9.16. The molecule has 0 aliphatic carbocycles. The van der Waals surface area contributed by atoms with Crippen LogP contribution < -0.4 is 10.2 Å². The molecular formula is C23H29N5O2. The topological polar surface area (TPSA) is 94.4 Å². The van der Waals surface area contributed by atoms with Gasteiger partial charge in [0.25, 0.3) is 0 Å². The summed E-state index contributed by atoms with van der Waals surface area (Å²) in [4.78, 5) is 6.10. The number of hydrogen-bond donors (Lipinski definition) is 3. The average molecular weight is 408 g/mol. The van der Waals surface area contributed by atoms with Crippen molar-refractivity contribution in [3.05, 3.63) is 36.5 Å². The summed E-state index contributed by atoms with van der Waals surface area (Å²) >= 11 is 0. The van der Waals surface area contributed by atoms with E-state index in [4.69, 9.17) is 0 Å². The van der Waals surface area contributed by atoms with Crippen LogP contribution in [0.3, 0.4) is 0 Å². The van der Waals surface area contributed by atoms with Gasteiger partial charge in [-0.15, -0.1) is 10.2 Å². The molecule has 0 saturated carbocycles. The van der Waals surface area contributed by atoms with Gasteiger partial charge < -0.3 is 20.4 Å². The summed E-state index contributed by atoms with van der Waals surface area (Å²) in [6.07, 6.45) is 3.52. The van der Waals surface area contributed by atoms with Crippen LogP contribution in [-0.2, 0) is 0 Å². The van der Waals surface area contributed by atoms with Crippen molar-refractivity contribution in [1.82, 2.24) is 20.5 Å². The Morgan fingerprint density at radius 3 is 2.33 bits per heavy atom. The maximum Gasteiger partial charge on any atom is 0.218 e. The summed E-state index contributed by atoms with van der Waals surface area (Å²) in [6.45, 7) is 8.93. The smallest absolute Gasteiger partial charge is 0.218 e. The third kappa shape index (κ3) is 3.89. The first-order valence-corrected chi connectivity index (χ1v) is 10.2. The summed E-state index contributed by atoms with van der Waals surface area (Å²) in [5.74, 6) is 0.807. The Bertz CT molecular complexity index is 1060. The second-order valence-electron chi connectivity index (χ2n) is 9.57. The Balaban J connectivity index is 1.62. The van der Waals surface area contributed by atoms with Crippen LogP contribution in [0.4, 0.5) is 5.82 Å². The molecule has 0 bridgehead atoms. The van der Waals surface area contributed by atoms with Crippen LogP contribution >= 0.6 is 0 Å². The molecule has 7 nitrogen and oxygen atoms in total. The lowest BCUT2D eigenvalue weighted by Crippen LogP contribution is -2.62. The minimum absolute atomic E-state index is 0.0426. The van der Waals surface area contributed by atoms with Crippen LogP contribution in [0.5, 0.6) is 11.6 Å². The van der Waals surface area contributed by atoms with Crippen molar-refractivity contribution in [2.45, 2.75) is 57.7 Å². The van der Waals surface area contributed by atoms with Crippen molar-refractivity contribution in [3.8, 4) is 22.9 Å². The molecule has 7 heteroatoms. The summed E-state index contributed by atoms with van der Waals surface area (Å²) in [7, 11) is 2.06. The molecule has 4 rings (SSSR count). The van der Waals surface area contributed by atoms with E-state index in [9.17, 15) is 10.2 Å². The molecule has 0 atom stereocenters. The van der Waals surface area contributed by atoms with Gasteiger partial charge in [0.15, 0.2) is 5.82 Å². The van der Waals surface area contributed by atoms with Crippen molar-refractivity contribution in [1.29, 1.82) is 0 Å². The minimum atomic E-state index is -0.0748. The van der Waals surface area contributed by atoms with Crippen LogP contribution in [-0.4, -0.2) is 49.6 Å². The Labute approximate surface area is 176 Å². The fourth-order valence-electron chi connectivity index (χ4n) is 4.79.